The Morgan fingerprint density at radius 1 is 1.50 bits per heavy atom. The number of nitrogens with zero attached hydrogens (tertiary/aromatic N) is 2. The number of ether oxygens (including phenoxy) is 1. The summed E-state index contributed by atoms with van der Waals surface area (Å²) in [6.45, 7) is 1.53. The summed E-state index contributed by atoms with van der Waals surface area (Å²) in [6, 6.07) is 0. The number of thioether (sulfide) groups is 1. The van der Waals surface area contributed by atoms with E-state index >= 15 is 0 Å². The number of hydrogen-bond acceptors (Lipinski definition) is 6. The van der Waals surface area contributed by atoms with Crippen molar-refractivity contribution < 1.29 is 19.4 Å². The number of carboxylic acids is 1. The Hall–Kier alpha value is -1.63. The third-order valence-electron chi connectivity index (χ3n) is 1.65. The van der Waals surface area contributed by atoms with Crippen molar-refractivity contribution in [1.29, 1.82) is 0 Å². The number of aliphatic carboxylic acids is 1. The van der Waals surface area contributed by atoms with Crippen molar-refractivity contribution in [1.82, 2.24) is 9.97 Å². The summed E-state index contributed by atoms with van der Waals surface area (Å²) in [5.74, 6) is -1.55. The molecule has 0 saturated carbocycles. The van der Waals surface area contributed by atoms with Gasteiger partial charge in [0.15, 0.2) is 5.69 Å². The maximum absolute atomic E-state index is 11.1. The zero-order chi connectivity index (χ0) is 12.1. The van der Waals surface area contributed by atoms with Crippen LogP contribution in [0.3, 0.4) is 0 Å². The minimum Gasteiger partial charge on any atom is -0.480 e. The summed E-state index contributed by atoms with van der Waals surface area (Å²) in [4.78, 5) is 29.5. The first-order chi connectivity index (χ1) is 7.54. The third-order valence-corrected chi connectivity index (χ3v) is 2.65. The Balaban J connectivity index is 2.82. The van der Waals surface area contributed by atoms with E-state index in [1.807, 2.05) is 0 Å². The fraction of sp³-hybridized carbons (Fsp3) is 0.333. The lowest BCUT2D eigenvalue weighted by Crippen LogP contribution is -2.12. The monoisotopic (exact) mass is 242 g/mol. The van der Waals surface area contributed by atoms with Gasteiger partial charge in [-0.3, -0.25) is 9.78 Å². The van der Waals surface area contributed by atoms with Crippen molar-refractivity contribution in [3.05, 3.63) is 18.1 Å². The number of aromatic nitrogens is 2. The lowest BCUT2D eigenvalue weighted by atomic mass is 10.5. The normalized spacial score (nSPS) is 11.9. The highest BCUT2D eigenvalue weighted by Crippen LogP contribution is 2.20. The van der Waals surface area contributed by atoms with Crippen LogP contribution in [-0.2, 0) is 9.53 Å². The largest absolute Gasteiger partial charge is 0.480 e. The Labute approximate surface area is 96.0 Å². The average molecular weight is 242 g/mol. The Kier molecular flexibility index (Phi) is 4.24. The van der Waals surface area contributed by atoms with Crippen molar-refractivity contribution in [2.75, 3.05) is 7.11 Å². The van der Waals surface area contributed by atoms with Gasteiger partial charge in [0.25, 0.3) is 0 Å². The van der Waals surface area contributed by atoms with Gasteiger partial charge in [0.05, 0.1) is 19.5 Å². The number of carboxylic acid groups (broad SMARTS) is 1. The molecule has 0 spiro atoms. The fourth-order valence-corrected chi connectivity index (χ4v) is 1.58. The number of rotatable bonds is 4. The van der Waals surface area contributed by atoms with Crippen LogP contribution in [-0.4, -0.2) is 39.4 Å². The second-order valence-electron chi connectivity index (χ2n) is 2.83. The molecule has 0 aliphatic heterocycles. The molecule has 1 aromatic heterocycles. The van der Waals surface area contributed by atoms with Gasteiger partial charge in [0, 0.05) is 0 Å². The number of carbonyl (C=O) groups is 2. The van der Waals surface area contributed by atoms with Gasteiger partial charge in [-0.05, 0) is 6.92 Å². The lowest BCUT2D eigenvalue weighted by Gasteiger charge is -2.05. The molecule has 7 heteroatoms. The highest BCUT2D eigenvalue weighted by Gasteiger charge is 2.15. The molecule has 0 aliphatic rings. The molecule has 0 amide bonds. The highest BCUT2D eigenvalue weighted by atomic mass is 32.2. The fourth-order valence-electron chi connectivity index (χ4n) is 0.839. The van der Waals surface area contributed by atoms with Crippen molar-refractivity contribution in [3.63, 3.8) is 0 Å². The number of carbonyl (C=O) groups excluding carboxylic acids is 1. The molecule has 16 heavy (non-hydrogen) atoms. The smallest absolute Gasteiger partial charge is 0.358 e. The maximum Gasteiger partial charge on any atom is 0.358 e. The predicted octanol–water partition coefficient (Wildman–Crippen LogP) is 0.828. The van der Waals surface area contributed by atoms with Gasteiger partial charge in [-0.1, -0.05) is 11.8 Å². The SMILES string of the molecule is COC(=O)c1cncc(SC(C)C(=O)O)n1. The van der Waals surface area contributed by atoms with Crippen LogP contribution in [0.4, 0.5) is 0 Å². The molecule has 0 radical (unpaired) electrons. The van der Waals surface area contributed by atoms with Gasteiger partial charge in [0.1, 0.15) is 10.3 Å². The van der Waals surface area contributed by atoms with Crippen LogP contribution in [0.1, 0.15) is 17.4 Å². The second-order valence-corrected chi connectivity index (χ2v) is 4.19. The second kappa shape index (κ2) is 5.45. The van der Waals surface area contributed by atoms with E-state index in [1.165, 1.54) is 26.4 Å². The molecule has 1 rings (SSSR count). The van der Waals surface area contributed by atoms with Crippen LogP contribution in [0, 0.1) is 0 Å². The molecule has 86 valence electrons. The number of esters is 1. The van der Waals surface area contributed by atoms with Crippen molar-refractivity contribution in [3.8, 4) is 0 Å². The minimum atomic E-state index is -0.949. The molecular weight excluding hydrogens is 232 g/mol. The molecule has 1 aromatic rings. The van der Waals surface area contributed by atoms with E-state index in [0.29, 0.717) is 5.03 Å². The van der Waals surface area contributed by atoms with Gasteiger partial charge >= 0.3 is 11.9 Å². The van der Waals surface area contributed by atoms with Crippen LogP contribution in [0.15, 0.2) is 17.4 Å². The van der Waals surface area contributed by atoms with E-state index in [2.05, 4.69) is 14.7 Å². The molecule has 0 fully saturated rings. The molecule has 0 aliphatic carbocycles. The van der Waals surface area contributed by atoms with E-state index in [0.717, 1.165) is 11.8 Å². The number of methoxy groups -OCH3 is 1. The topological polar surface area (TPSA) is 89.4 Å². The van der Waals surface area contributed by atoms with E-state index in [9.17, 15) is 9.59 Å². The first kappa shape index (κ1) is 12.4. The van der Waals surface area contributed by atoms with Crippen molar-refractivity contribution >= 4 is 23.7 Å². The summed E-state index contributed by atoms with van der Waals surface area (Å²) in [7, 11) is 1.24. The summed E-state index contributed by atoms with van der Waals surface area (Å²) < 4.78 is 4.48. The average Bonchev–Trinajstić information content (AvgIpc) is 2.28. The van der Waals surface area contributed by atoms with Crippen molar-refractivity contribution in [2.45, 2.75) is 17.2 Å². The molecule has 1 atom stereocenters. The quantitative estimate of drug-likeness (QED) is 0.617. The molecule has 1 N–H and O–H groups in total. The summed E-state index contributed by atoms with van der Waals surface area (Å²) in [5, 5.41) is 8.43. The zero-order valence-corrected chi connectivity index (χ0v) is 9.52. The van der Waals surface area contributed by atoms with Crippen molar-refractivity contribution in [2.24, 2.45) is 0 Å². The standard InChI is InChI=1S/C9H10N2O4S/c1-5(8(12)13)16-7-4-10-3-6(11-7)9(14)15-2/h3-5H,1-2H3,(H,12,13). The van der Waals surface area contributed by atoms with Crippen LogP contribution < -0.4 is 0 Å². The Morgan fingerprint density at radius 3 is 2.75 bits per heavy atom. The molecule has 6 nitrogen and oxygen atoms in total. The Morgan fingerprint density at radius 2 is 2.19 bits per heavy atom. The van der Waals surface area contributed by atoms with Crippen LogP contribution in [0.25, 0.3) is 0 Å². The highest BCUT2D eigenvalue weighted by molar-refractivity contribution is 8.00. The van der Waals surface area contributed by atoms with Gasteiger partial charge in [0.2, 0.25) is 0 Å². The van der Waals surface area contributed by atoms with E-state index in [4.69, 9.17) is 5.11 Å². The third kappa shape index (κ3) is 3.20. The summed E-state index contributed by atoms with van der Waals surface area (Å²) in [6.07, 6.45) is 2.66. The van der Waals surface area contributed by atoms with Crippen LogP contribution >= 0.6 is 11.8 Å². The summed E-state index contributed by atoms with van der Waals surface area (Å²) >= 11 is 1.01. The van der Waals surface area contributed by atoms with Crippen LogP contribution in [0.5, 0.6) is 0 Å². The minimum absolute atomic E-state index is 0.0603. The van der Waals surface area contributed by atoms with Gasteiger partial charge in [-0.2, -0.15) is 0 Å². The van der Waals surface area contributed by atoms with E-state index in [-0.39, 0.29) is 5.69 Å². The summed E-state index contributed by atoms with van der Waals surface area (Å²) in [5.41, 5.74) is 0.0603. The molecule has 1 heterocycles. The molecule has 0 saturated heterocycles. The molecule has 1 unspecified atom stereocenters. The Bertz CT molecular complexity index is 410. The van der Waals surface area contributed by atoms with Gasteiger partial charge in [-0.25, -0.2) is 9.78 Å². The zero-order valence-electron chi connectivity index (χ0n) is 8.71. The lowest BCUT2D eigenvalue weighted by molar-refractivity contribution is -0.136. The predicted molar refractivity (Wildman–Crippen MR) is 56.3 cm³/mol. The van der Waals surface area contributed by atoms with Crippen LogP contribution in [0.2, 0.25) is 0 Å². The first-order valence-corrected chi connectivity index (χ1v) is 5.22. The molecule has 0 bridgehead atoms. The van der Waals surface area contributed by atoms with E-state index in [1.54, 1.807) is 0 Å². The molecule has 0 aromatic carbocycles. The number of hydrogen-bond donors (Lipinski definition) is 1. The first-order valence-electron chi connectivity index (χ1n) is 4.34. The van der Waals surface area contributed by atoms with Gasteiger partial charge in [-0.15, -0.1) is 0 Å². The van der Waals surface area contributed by atoms with Gasteiger partial charge < -0.3 is 9.84 Å². The molecular formula is C9H10N2O4S. The van der Waals surface area contributed by atoms with E-state index < -0.39 is 17.2 Å². The maximum atomic E-state index is 11.1.